The molecule has 1 aliphatic carbocycles. The smallest absolute Gasteiger partial charge is 0.0982 e. The fourth-order valence-electron chi connectivity index (χ4n) is 4.23. The van der Waals surface area contributed by atoms with Crippen LogP contribution in [-0.4, -0.2) is 34.6 Å². The molecule has 1 saturated carbocycles. The summed E-state index contributed by atoms with van der Waals surface area (Å²) in [6, 6.07) is 0. The van der Waals surface area contributed by atoms with Crippen LogP contribution in [-0.2, 0) is 4.74 Å². The normalized spacial score (nSPS) is 31.6. The van der Waals surface area contributed by atoms with E-state index >= 15 is 0 Å². The van der Waals surface area contributed by atoms with Crippen LogP contribution in [0.5, 0.6) is 0 Å². The first-order valence-corrected chi connectivity index (χ1v) is 10.1. The molecule has 2 N–H and O–H groups in total. The second-order valence-corrected chi connectivity index (χ2v) is 9.03. The zero-order chi connectivity index (χ0) is 20.9. The molecule has 0 saturated heterocycles. The Hall–Kier alpha value is -1.68. The number of hydrogen-bond donors (Lipinski definition) is 2. The summed E-state index contributed by atoms with van der Waals surface area (Å²) in [5.74, 6) is 0. The molecule has 154 valence electrons. The van der Waals surface area contributed by atoms with E-state index in [-0.39, 0.29) is 29.8 Å². The minimum Gasteiger partial charge on any atom is -0.393 e. The Morgan fingerprint density at radius 1 is 1.07 bits per heavy atom. The van der Waals surface area contributed by atoms with Crippen molar-refractivity contribution in [3.8, 4) is 0 Å². The van der Waals surface area contributed by atoms with Crippen molar-refractivity contribution in [2.75, 3.05) is 6.61 Å². The Morgan fingerprint density at radius 2 is 1.75 bits per heavy atom. The van der Waals surface area contributed by atoms with E-state index in [4.69, 9.17) is 9.84 Å². The van der Waals surface area contributed by atoms with Gasteiger partial charge in [0.25, 0.3) is 0 Å². The highest BCUT2D eigenvalue weighted by Gasteiger charge is 2.50. The van der Waals surface area contributed by atoms with Gasteiger partial charge in [0.15, 0.2) is 0 Å². The Labute approximate surface area is 170 Å². The molecular formula is C25H36O3. The van der Waals surface area contributed by atoms with E-state index < -0.39 is 0 Å². The first-order valence-electron chi connectivity index (χ1n) is 10.1. The van der Waals surface area contributed by atoms with Crippen LogP contribution in [0.2, 0.25) is 0 Å². The van der Waals surface area contributed by atoms with Crippen molar-refractivity contribution in [3.63, 3.8) is 0 Å². The summed E-state index contributed by atoms with van der Waals surface area (Å²) in [5, 5.41) is 19.2. The van der Waals surface area contributed by atoms with Gasteiger partial charge in [-0.2, -0.15) is 0 Å². The summed E-state index contributed by atoms with van der Waals surface area (Å²) in [5.41, 5.74) is 4.16. The molecule has 28 heavy (non-hydrogen) atoms. The van der Waals surface area contributed by atoms with Crippen LogP contribution in [0.1, 0.15) is 54.4 Å². The van der Waals surface area contributed by atoms with E-state index in [0.29, 0.717) is 6.42 Å². The first-order chi connectivity index (χ1) is 13.1. The minimum atomic E-state index is -0.370. The largest absolute Gasteiger partial charge is 0.393 e. The van der Waals surface area contributed by atoms with Crippen molar-refractivity contribution < 1.29 is 14.9 Å². The molecule has 3 heteroatoms. The summed E-state index contributed by atoms with van der Waals surface area (Å²) < 4.78 is 6.38. The number of allylic oxidation sites excluding steroid dienone is 8. The lowest BCUT2D eigenvalue weighted by atomic mass is 9.65. The fourth-order valence-corrected chi connectivity index (χ4v) is 4.23. The number of aliphatic hydroxyl groups is 2. The molecule has 0 aromatic rings. The molecule has 1 fully saturated rings. The van der Waals surface area contributed by atoms with Crippen LogP contribution in [0.15, 0.2) is 70.9 Å². The molecule has 1 aliphatic heterocycles. The summed E-state index contributed by atoms with van der Waals surface area (Å²) in [6.07, 6.45) is 17.4. The summed E-state index contributed by atoms with van der Waals surface area (Å²) >= 11 is 0. The zero-order valence-corrected chi connectivity index (χ0v) is 18.2. The number of aliphatic hydroxyl groups excluding tert-OH is 2. The molecule has 0 aromatic heterocycles. The molecule has 2 aliphatic rings. The van der Waals surface area contributed by atoms with Crippen molar-refractivity contribution in [2.45, 2.75) is 72.2 Å². The van der Waals surface area contributed by atoms with Gasteiger partial charge >= 0.3 is 0 Å². The van der Waals surface area contributed by atoms with E-state index in [1.165, 1.54) is 5.57 Å². The third-order valence-corrected chi connectivity index (χ3v) is 5.64. The maximum absolute atomic E-state index is 10.3. The number of fused-ring (bicyclic) bond motifs is 1. The predicted octanol–water partition coefficient (Wildman–Crippen LogP) is 5.19. The second-order valence-electron chi connectivity index (χ2n) is 9.03. The quantitative estimate of drug-likeness (QED) is 0.489. The Bertz CT molecular complexity index is 746. The summed E-state index contributed by atoms with van der Waals surface area (Å²) in [6.45, 7) is 12.6. The molecule has 3 atom stereocenters. The standard InChI is InChI=1S/C25H36O3/c1-18(10-7-8-11-19(2)17-26)12-9-13-20(3)22-14-23-24(4,5)15-21(27)16-25(23,6)28-22/h7-14,21-22,26-27H,15-17H2,1-6H3/b8-7+,12-9+,18-10+,19-11+,20-13-/t21-,22?,25?/m0/s1. The topological polar surface area (TPSA) is 49.7 Å². The highest BCUT2D eigenvalue weighted by molar-refractivity contribution is 5.37. The van der Waals surface area contributed by atoms with E-state index in [1.54, 1.807) is 0 Å². The van der Waals surface area contributed by atoms with Gasteiger partial charge < -0.3 is 14.9 Å². The van der Waals surface area contributed by atoms with Gasteiger partial charge in [0.1, 0.15) is 0 Å². The zero-order valence-electron chi connectivity index (χ0n) is 18.2. The number of hydrogen-bond acceptors (Lipinski definition) is 3. The van der Waals surface area contributed by atoms with Gasteiger partial charge in [0.05, 0.1) is 24.4 Å². The summed E-state index contributed by atoms with van der Waals surface area (Å²) in [7, 11) is 0. The van der Waals surface area contributed by atoms with Crippen molar-refractivity contribution in [3.05, 3.63) is 70.9 Å². The van der Waals surface area contributed by atoms with Crippen molar-refractivity contribution >= 4 is 0 Å². The van der Waals surface area contributed by atoms with E-state index in [0.717, 1.165) is 23.1 Å². The lowest BCUT2D eigenvalue weighted by molar-refractivity contribution is -0.0683. The Balaban J connectivity index is 2.04. The molecule has 2 rings (SSSR count). The highest BCUT2D eigenvalue weighted by Crippen LogP contribution is 2.51. The third-order valence-electron chi connectivity index (χ3n) is 5.64. The number of ether oxygens (including phenoxy) is 1. The molecule has 0 radical (unpaired) electrons. The molecule has 3 nitrogen and oxygen atoms in total. The van der Waals surface area contributed by atoms with Crippen LogP contribution in [0.3, 0.4) is 0 Å². The third kappa shape index (κ3) is 5.66. The Kier molecular flexibility index (Phi) is 7.44. The average Bonchev–Trinajstić information content (AvgIpc) is 2.96. The van der Waals surface area contributed by atoms with Gasteiger partial charge in [-0.15, -0.1) is 0 Å². The summed E-state index contributed by atoms with van der Waals surface area (Å²) in [4.78, 5) is 0. The highest BCUT2D eigenvalue weighted by atomic mass is 16.5. The molecule has 0 amide bonds. The van der Waals surface area contributed by atoms with Crippen LogP contribution >= 0.6 is 0 Å². The molecule has 0 bridgehead atoms. The van der Waals surface area contributed by atoms with Crippen LogP contribution in [0.4, 0.5) is 0 Å². The van der Waals surface area contributed by atoms with Gasteiger partial charge in [0, 0.05) is 6.42 Å². The monoisotopic (exact) mass is 384 g/mol. The fraction of sp³-hybridized carbons (Fsp3) is 0.520. The minimum absolute atomic E-state index is 0.0359. The maximum Gasteiger partial charge on any atom is 0.0982 e. The lowest BCUT2D eigenvalue weighted by Gasteiger charge is -2.44. The molecular weight excluding hydrogens is 348 g/mol. The van der Waals surface area contributed by atoms with Crippen LogP contribution in [0.25, 0.3) is 0 Å². The predicted molar refractivity (Wildman–Crippen MR) is 117 cm³/mol. The van der Waals surface area contributed by atoms with Gasteiger partial charge in [0.2, 0.25) is 0 Å². The SMILES string of the molecule is C/C(=C/C=C/C(C)=C/C=C/C=C(\C)CO)C1C=C2C(C)(C)C[C@H](O)CC2(C)O1. The first kappa shape index (κ1) is 22.6. The van der Waals surface area contributed by atoms with Gasteiger partial charge in [-0.05, 0) is 62.3 Å². The van der Waals surface area contributed by atoms with Crippen molar-refractivity contribution in [2.24, 2.45) is 5.41 Å². The average molecular weight is 385 g/mol. The number of rotatable bonds is 6. The molecule has 0 aromatic carbocycles. The van der Waals surface area contributed by atoms with E-state index in [9.17, 15) is 5.11 Å². The Morgan fingerprint density at radius 3 is 2.43 bits per heavy atom. The molecule has 1 heterocycles. The maximum atomic E-state index is 10.3. The van der Waals surface area contributed by atoms with E-state index in [1.807, 2.05) is 31.2 Å². The second kappa shape index (κ2) is 9.21. The molecule has 0 spiro atoms. The lowest BCUT2D eigenvalue weighted by Crippen LogP contribution is -2.45. The van der Waals surface area contributed by atoms with Gasteiger partial charge in [-0.3, -0.25) is 0 Å². The van der Waals surface area contributed by atoms with Gasteiger partial charge in [-0.1, -0.05) is 62.0 Å². The van der Waals surface area contributed by atoms with Crippen molar-refractivity contribution in [1.29, 1.82) is 0 Å². The van der Waals surface area contributed by atoms with E-state index in [2.05, 4.69) is 58.9 Å². The van der Waals surface area contributed by atoms with Crippen LogP contribution < -0.4 is 0 Å². The van der Waals surface area contributed by atoms with Crippen molar-refractivity contribution in [1.82, 2.24) is 0 Å². The van der Waals surface area contributed by atoms with Crippen LogP contribution in [0, 0.1) is 5.41 Å². The molecule has 2 unspecified atom stereocenters. The van der Waals surface area contributed by atoms with Gasteiger partial charge in [-0.25, -0.2) is 0 Å².